The van der Waals surface area contributed by atoms with Crippen molar-refractivity contribution >= 4 is 27.7 Å². The molecule has 5 rings (SSSR count). The smallest absolute Gasteiger partial charge is 0.241 e. The number of amides is 1. The first-order chi connectivity index (χ1) is 15.1. The number of fused-ring (bicyclic) bond motifs is 3. The molecule has 1 saturated carbocycles. The van der Waals surface area contributed by atoms with Gasteiger partial charge in [-0.15, -0.1) is 0 Å². The minimum atomic E-state index is 0.0309. The van der Waals surface area contributed by atoms with Crippen molar-refractivity contribution in [2.45, 2.75) is 58.5 Å². The number of hydrogen-bond acceptors (Lipinski definition) is 3. The molecule has 0 atom stereocenters. The second-order valence-electron chi connectivity index (χ2n) is 8.65. The van der Waals surface area contributed by atoms with Gasteiger partial charge in [-0.3, -0.25) is 14.5 Å². The van der Waals surface area contributed by atoms with Crippen molar-refractivity contribution in [3.63, 3.8) is 0 Å². The average molecular weight is 413 g/mol. The maximum absolute atomic E-state index is 12.9. The van der Waals surface area contributed by atoms with E-state index in [2.05, 4.69) is 61.6 Å². The summed E-state index contributed by atoms with van der Waals surface area (Å²) >= 11 is 0. The van der Waals surface area contributed by atoms with Gasteiger partial charge in [-0.05, 0) is 43.9 Å². The molecule has 0 radical (unpaired) electrons. The lowest BCUT2D eigenvalue weighted by Gasteiger charge is -2.12. The summed E-state index contributed by atoms with van der Waals surface area (Å²) in [5.41, 5.74) is 6.29. The number of hydrogen-bond donors (Lipinski definition) is 1. The van der Waals surface area contributed by atoms with E-state index in [0.717, 1.165) is 52.3 Å². The van der Waals surface area contributed by atoms with Crippen molar-refractivity contribution in [2.75, 3.05) is 0 Å². The lowest BCUT2D eigenvalue weighted by Crippen LogP contribution is -2.35. The molecule has 5 nitrogen and oxygen atoms in total. The van der Waals surface area contributed by atoms with Crippen LogP contribution in [0, 0.1) is 6.92 Å². The molecule has 1 fully saturated rings. The molecular weight excluding hydrogens is 384 g/mol. The fraction of sp³-hybridized carbons (Fsp3) is 0.346. The van der Waals surface area contributed by atoms with Crippen LogP contribution in [0.25, 0.3) is 33.1 Å². The van der Waals surface area contributed by atoms with Crippen LogP contribution in [0.5, 0.6) is 0 Å². The first kappa shape index (κ1) is 19.7. The Balaban J connectivity index is 1.65. The van der Waals surface area contributed by atoms with Crippen LogP contribution in [0.1, 0.15) is 43.7 Å². The molecule has 158 valence electrons. The van der Waals surface area contributed by atoms with E-state index in [0.29, 0.717) is 6.04 Å². The van der Waals surface area contributed by atoms with E-state index in [4.69, 9.17) is 10.1 Å². The van der Waals surface area contributed by atoms with E-state index < -0.39 is 0 Å². The van der Waals surface area contributed by atoms with Crippen molar-refractivity contribution in [3.8, 4) is 11.3 Å². The Bertz CT molecular complexity index is 1250. The fourth-order valence-corrected chi connectivity index (χ4v) is 4.64. The highest BCUT2D eigenvalue weighted by Gasteiger charge is 2.21. The lowest BCUT2D eigenvalue weighted by atomic mass is 10.0. The molecule has 0 unspecified atom stereocenters. The number of rotatable bonds is 5. The van der Waals surface area contributed by atoms with Crippen molar-refractivity contribution in [1.82, 2.24) is 20.1 Å². The molecule has 2 aromatic carbocycles. The number of aromatic nitrogens is 3. The monoisotopic (exact) mass is 412 g/mol. The van der Waals surface area contributed by atoms with Crippen LogP contribution < -0.4 is 5.32 Å². The molecule has 2 aromatic heterocycles. The molecule has 1 amide bonds. The van der Waals surface area contributed by atoms with Crippen molar-refractivity contribution in [3.05, 3.63) is 59.8 Å². The lowest BCUT2D eigenvalue weighted by molar-refractivity contribution is -0.122. The fourth-order valence-electron chi connectivity index (χ4n) is 4.64. The molecule has 1 aliphatic rings. The summed E-state index contributed by atoms with van der Waals surface area (Å²) in [6.07, 6.45) is 7.40. The Labute approximate surface area is 182 Å². The van der Waals surface area contributed by atoms with E-state index >= 15 is 0 Å². The third kappa shape index (κ3) is 3.80. The molecule has 0 bridgehead atoms. The highest BCUT2D eigenvalue weighted by atomic mass is 16.2. The van der Waals surface area contributed by atoms with E-state index in [9.17, 15) is 4.79 Å². The van der Waals surface area contributed by atoms with E-state index in [-0.39, 0.29) is 12.5 Å². The molecule has 1 N–H and O–H groups in total. The van der Waals surface area contributed by atoms with Gasteiger partial charge in [0.05, 0.1) is 11.0 Å². The van der Waals surface area contributed by atoms with Crippen LogP contribution >= 0.6 is 0 Å². The van der Waals surface area contributed by atoms with Crippen molar-refractivity contribution in [2.24, 2.45) is 0 Å². The number of aryl methyl sites for hydroxylation is 2. The zero-order valence-corrected chi connectivity index (χ0v) is 18.2. The topological polar surface area (TPSA) is 59.8 Å². The Hall–Kier alpha value is -3.21. The number of benzene rings is 2. The number of carbonyl (C=O) groups excluding carboxylic acids is 1. The molecule has 0 spiro atoms. The van der Waals surface area contributed by atoms with Crippen LogP contribution in [-0.4, -0.2) is 26.7 Å². The summed E-state index contributed by atoms with van der Waals surface area (Å²) in [4.78, 5) is 17.6. The predicted molar refractivity (Wildman–Crippen MR) is 125 cm³/mol. The summed E-state index contributed by atoms with van der Waals surface area (Å²) in [7, 11) is 0. The minimum absolute atomic E-state index is 0.0309. The highest BCUT2D eigenvalue weighted by molar-refractivity contribution is 6.08. The van der Waals surface area contributed by atoms with Gasteiger partial charge in [0.25, 0.3) is 0 Å². The minimum Gasteiger partial charge on any atom is -0.352 e. The zero-order chi connectivity index (χ0) is 21.4. The first-order valence-electron chi connectivity index (χ1n) is 11.3. The van der Waals surface area contributed by atoms with Gasteiger partial charge in [0.2, 0.25) is 5.91 Å². The van der Waals surface area contributed by atoms with Crippen LogP contribution in [-0.2, 0) is 17.8 Å². The summed E-state index contributed by atoms with van der Waals surface area (Å²) in [5, 5.41) is 10.2. The van der Waals surface area contributed by atoms with Gasteiger partial charge in [0.1, 0.15) is 12.2 Å². The molecule has 5 heteroatoms. The maximum Gasteiger partial charge on any atom is 0.241 e. The second-order valence-corrected chi connectivity index (χ2v) is 8.65. The van der Waals surface area contributed by atoms with Gasteiger partial charge in [0.15, 0.2) is 0 Å². The van der Waals surface area contributed by atoms with Crippen LogP contribution in [0.3, 0.4) is 0 Å². The standard InChI is InChI=1S/C26H28N4O/c1-3-18-10-13-23-21(14-18)26-22(15-27-23)25(19-11-8-17(2)9-12-19)29-30(26)16-24(31)28-20-6-4-5-7-20/h8-15,20H,3-7,16H2,1-2H3,(H,28,31). The Morgan fingerprint density at radius 3 is 2.61 bits per heavy atom. The third-order valence-electron chi connectivity index (χ3n) is 6.38. The van der Waals surface area contributed by atoms with Gasteiger partial charge < -0.3 is 5.32 Å². The third-order valence-corrected chi connectivity index (χ3v) is 6.38. The average Bonchev–Trinajstić information content (AvgIpc) is 3.42. The predicted octanol–water partition coefficient (Wildman–Crippen LogP) is 5.18. The van der Waals surface area contributed by atoms with Gasteiger partial charge in [-0.1, -0.05) is 55.7 Å². The summed E-state index contributed by atoms with van der Waals surface area (Å²) in [6, 6.07) is 15.0. The second kappa shape index (κ2) is 8.14. The van der Waals surface area contributed by atoms with E-state index in [1.54, 1.807) is 0 Å². The van der Waals surface area contributed by atoms with Crippen molar-refractivity contribution < 1.29 is 4.79 Å². The molecule has 0 aliphatic heterocycles. The van der Waals surface area contributed by atoms with Crippen molar-refractivity contribution in [1.29, 1.82) is 0 Å². The summed E-state index contributed by atoms with van der Waals surface area (Å²) in [6.45, 7) is 4.45. The van der Waals surface area contributed by atoms with Gasteiger partial charge in [-0.2, -0.15) is 5.10 Å². The molecular formula is C26H28N4O. The Kier molecular flexibility index (Phi) is 5.18. The number of carbonyl (C=O) groups is 1. The highest BCUT2D eigenvalue weighted by Crippen LogP contribution is 2.32. The number of nitrogens with one attached hydrogen (secondary N) is 1. The van der Waals surface area contributed by atoms with Gasteiger partial charge >= 0.3 is 0 Å². The zero-order valence-electron chi connectivity index (χ0n) is 18.2. The Morgan fingerprint density at radius 2 is 1.87 bits per heavy atom. The van der Waals surface area contributed by atoms with E-state index in [1.807, 2.05) is 10.9 Å². The normalized spacial score (nSPS) is 14.5. The molecule has 1 aliphatic carbocycles. The molecule has 0 saturated heterocycles. The molecule has 2 heterocycles. The Morgan fingerprint density at radius 1 is 1.10 bits per heavy atom. The van der Waals surface area contributed by atoms with Crippen LogP contribution in [0.4, 0.5) is 0 Å². The quantitative estimate of drug-likeness (QED) is 0.491. The summed E-state index contributed by atoms with van der Waals surface area (Å²) < 4.78 is 1.87. The number of nitrogens with zero attached hydrogens (tertiary/aromatic N) is 3. The van der Waals surface area contributed by atoms with Gasteiger partial charge in [0, 0.05) is 28.6 Å². The molecule has 31 heavy (non-hydrogen) atoms. The number of pyridine rings is 1. The maximum atomic E-state index is 12.9. The SMILES string of the molecule is CCc1ccc2ncc3c(-c4ccc(C)cc4)nn(CC(=O)NC4CCCC4)c3c2c1. The van der Waals surface area contributed by atoms with E-state index in [1.165, 1.54) is 24.0 Å². The van der Waals surface area contributed by atoms with Gasteiger partial charge in [-0.25, -0.2) is 0 Å². The first-order valence-corrected chi connectivity index (χ1v) is 11.3. The largest absolute Gasteiger partial charge is 0.352 e. The molecule has 4 aromatic rings. The van der Waals surface area contributed by atoms with Crippen LogP contribution in [0.2, 0.25) is 0 Å². The van der Waals surface area contributed by atoms with Crippen LogP contribution in [0.15, 0.2) is 48.7 Å². The summed E-state index contributed by atoms with van der Waals surface area (Å²) in [5.74, 6) is 0.0309.